The predicted octanol–water partition coefficient (Wildman–Crippen LogP) is 2.50. The molecule has 2 atom stereocenters. The minimum absolute atomic E-state index is 0.117. The van der Waals surface area contributed by atoms with E-state index in [1.165, 1.54) is 6.20 Å². The maximum atomic E-state index is 12.3. The van der Waals surface area contributed by atoms with Crippen LogP contribution in [-0.2, 0) is 11.2 Å². The first-order valence-corrected chi connectivity index (χ1v) is 7.23. The average molecular weight is 291 g/mol. The predicted molar refractivity (Wildman–Crippen MR) is 79.2 cm³/mol. The first kappa shape index (κ1) is 15.3. The van der Waals surface area contributed by atoms with Gasteiger partial charge in [0.25, 0.3) is 0 Å². The normalized spacial score (nSPS) is 21.9. The number of amides is 2. The Kier molecular flexibility index (Phi) is 4.77. The summed E-state index contributed by atoms with van der Waals surface area (Å²) in [7, 11) is 0. The molecule has 0 bridgehead atoms. The third-order valence-electron chi connectivity index (χ3n) is 3.84. The summed E-state index contributed by atoms with van der Waals surface area (Å²) in [6.45, 7) is 4.12. The topological polar surface area (TPSA) is 82.5 Å². The van der Waals surface area contributed by atoms with Crippen molar-refractivity contribution in [2.45, 2.75) is 51.6 Å². The van der Waals surface area contributed by atoms with Crippen molar-refractivity contribution in [3.8, 4) is 0 Å². The van der Waals surface area contributed by atoms with E-state index in [2.05, 4.69) is 24.1 Å². The molecule has 2 unspecified atom stereocenters. The Morgan fingerprint density at radius 1 is 1.33 bits per heavy atom. The fraction of sp³-hybridized carbons (Fsp3) is 0.533. The summed E-state index contributed by atoms with van der Waals surface area (Å²) in [5.74, 6) is -0.921. The van der Waals surface area contributed by atoms with E-state index in [0.29, 0.717) is 11.4 Å². The summed E-state index contributed by atoms with van der Waals surface area (Å²) >= 11 is 0. The van der Waals surface area contributed by atoms with E-state index >= 15 is 0 Å². The van der Waals surface area contributed by atoms with Crippen LogP contribution in [0.1, 0.15) is 38.8 Å². The first-order valence-electron chi connectivity index (χ1n) is 7.23. The first-order chi connectivity index (χ1) is 9.97. The van der Waals surface area contributed by atoms with Gasteiger partial charge in [-0.1, -0.05) is 0 Å². The van der Waals surface area contributed by atoms with Gasteiger partial charge in [-0.3, -0.25) is 9.78 Å². The molecular weight excluding hydrogens is 270 g/mol. The Balaban J connectivity index is 2.00. The van der Waals surface area contributed by atoms with Crippen LogP contribution in [0, 0.1) is 0 Å². The zero-order valence-electron chi connectivity index (χ0n) is 12.4. The summed E-state index contributed by atoms with van der Waals surface area (Å²) in [5.41, 5.74) is 1.05. The van der Waals surface area contributed by atoms with Crippen molar-refractivity contribution in [2.75, 3.05) is 5.32 Å². The molecule has 114 valence electrons. The molecule has 0 saturated carbocycles. The number of likely N-dealkylation sites (tertiary alicyclic amines) is 1. The van der Waals surface area contributed by atoms with Crippen LogP contribution < -0.4 is 5.32 Å². The lowest BCUT2D eigenvalue weighted by atomic mass is 9.98. The number of nitrogens with zero attached hydrogens (tertiary/aromatic N) is 2. The highest BCUT2D eigenvalue weighted by atomic mass is 16.4. The molecule has 2 heterocycles. The summed E-state index contributed by atoms with van der Waals surface area (Å²) in [4.78, 5) is 28.8. The van der Waals surface area contributed by atoms with Crippen molar-refractivity contribution >= 4 is 17.7 Å². The van der Waals surface area contributed by atoms with Gasteiger partial charge in [-0.2, -0.15) is 0 Å². The zero-order chi connectivity index (χ0) is 15.4. The Morgan fingerprint density at radius 3 is 2.52 bits per heavy atom. The van der Waals surface area contributed by atoms with E-state index in [1.54, 1.807) is 12.1 Å². The number of rotatable bonds is 3. The lowest BCUT2D eigenvalue weighted by molar-refractivity contribution is -0.136. The van der Waals surface area contributed by atoms with Gasteiger partial charge in [0.2, 0.25) is 0 Å². The summed E-state index contributed by atoms with van der Waals surface area (Å²) < 4.78 is 0. The van der Waals surface area contributed by atoms with E-state index in [-0.39, 0.29) is 24.5 Å². The maximum Gasteiger partial charge on any atom is 0.322 e. The molecule has 1 saturated heterocycles. The smallest absolute Gasteiger partial charge is 0.322 e. The molecule has 21 heavy (non-hydrogen) atoms. The van der Waals surface area contributed by atoms with Crippen molar-refractivity contribution in [1.82, 2.24) is 9.88 Å². The molecular formula is C15H21N3O3. The monoisotopic (exact) mass is 291 g/mol. The number of pyridine rings is 1. The second-order valence-corrected chi connectivity index (χ2v) is 5.58. The number of piperidine rings is 1. The van der Waals surface area contributed by atoms with E-state index in [0.717, 1.165) is 19.3 Å². The number of carboxylic acids is 1. The van der Waals surface area contributed by atoms with Gasteiger partial charge in [-0.25, -0.2) is 4.79 Å². The third kappa shape index (κ3) is 3.93. The van der Waals surface area contributed by atoms with Crippen LogP contribution in [0.15, 0.2) is 18.3 Å². The van der Waals surface area contributed by atoms with E-state index in [1.807, 2.05) is 4.90 Å². The van der Waals surface area contributed by atoms with Crippen LogP contribution in [0.3, 0.4) is 0 Å². The fourth-order valence-corrected chi connectivity index (χ4v) is 2.77. The number of nitrogens with one attached hydrogen (secondary N) is 1. The van der Waals surface area contributed by atoms with Gasteiger partial charge in [0, 0.05) is 12.1 Å². The Morgan fingerprint density at radius 2 is 2.00 bits per heavy atom. The number of aromatic nitrogens is 1. The van der Waals surface area contributed by atoms with Gasteiger partial charge in [0.1, 0.15) is 0 Å². The lowest BCUT2D eigenvalue weighted by Gasteiger charge is -2.38. The summed E-state index contributed by atoms with van der Waals surface area (Å²) in [5, 5.41) is 11.5. The molecule has 1 fully saturated rings. The van der Waals surface area contributed by atoms with E-state index < -0.39 is 5.97 Å². The number of hydrogen-bond acceptors (Lipinski definition) is 3. The molecule has 6 heteroatoms. The number of hydrogen-bond donors (Lipinski definition) is 2. The van der Waals surface area contributed by atoms with Crippen LogP contribution in [0.2, 0.25) is 0 Å². The van der Waals surface area contributed by atoms with Gasteiger partial charge in [-0.05, 0) is 45.2 Å². The third-order valence-corrected chi connectivity index (χ3v) is 3.84. The number of carbonyl (C=O) groups is 2. The van der Waals surface area contributed by atoms with Crippen LogP contribution in [0.5, 0.6) is 0 Å². The number of urea groups is 1. The molecule has 2 N–H and O–H groups in total. The summed E-state index contributed by atoms with van der Waals surface area (Å²) in [6, 6.07) is 3.64. The largest absolute Gasteiger partial charge is 0.481 e. The SMILES string of the molecule is CC1CCCC(C)N1C(=O)Nc1ccc(CC(=O)O)nc1. The highest BCUT2D eigenvalue weighted by Crippen LogP contribution is 2.23. The van der Waals surface area contributed by atoms with Crippen molar-refractivity contribution in [1.29, 1.82) is 0 Å². The molecule has 1 aliphatic heterocycles. The highest BCUT2D eigenvalue weighted by molar-refractivity contribution is 5.89. The van der Waals surface area contributed by atoms with Gasteiger partial charge >= 0.3 is 12.0 Å². The Labute approximate surface area is 124 Å². The van der Waals surface area contributed by atoms with Crippen LogP contribution >= 0.6 is 0 Å². The van der Waals surface area contributed by atoms with Crippen LogP contribution in [-0.4, -0.2) is 39.1 Å². The number of anilines is 1. The van der Waals surface area contributed by atoms with Crippen molar-refractivity contribution in [3.05, 3.63) is 24.0 Å². The fourth-order valence-electron chi connectivity index (χ4n) is 2.77. The highest BCUT2D eigenvalue weighted by Gasteiger charge is 2.28. The Hall–Kier alpha value is -2.11. The quantitative estimate of drug-likeness (QED) is 0.896. The molecule has 0 radical (unpaired) electrons. The molecule has 1 aromatic rings. The van der Waals surface area contributed by atoms with Gasteiger partial charge in [-0.15, -0.1) is 0 Å². The van der Waals surface area contributed by atoms with Crippen molar-refractivity contribution < 1.29 is 14.7 Å². The van der Waals surface area contributed by atoms with Crippen LogP contribution in [0.25, 0.3) is 0 Å². The number of aliphatic carboxylic acids is 1. The standard InChI is InChI=1S/C15H21N3O3/c1-10-4-3-5-11(2)18(10)15(21)17-13-7-6-12(16-9-13)8-14(19)20/h6-7,9-11H,3-5,8H2,1-2H3,(H,17,21)(H,19,20). The van der Waals surface area contributed by atoms with Crippen molar-refractivity contribution in [2.24, 2.45) is 0 Å². The number of carbonyl (C=O) groups excluding carboxylic acids is 1. The molecule has 1 aromatic heterocycles. The molecule has 2 amide bonds. The molecule has 6 nitrogen and oxygen atoms in total. The lowest BCUT2D eigenvalue weighted by Crippen LogP contribution is -2.49. The molecule has 0 spiro atoms. The molecule has 1 aliphatic rings. The second-order valence-electron chi connectivity index (χ2n) is 5.58. The minimum Gasteiger partial charge on any atom is -0.481 e. The molecule has 0 aliphatic carbocycles. The van der Waals surface area contributed by atoms with Crippen molar-refractivity contribution in [3.63, 3.8) is 0 Å². The van der Waals surface area contributed by atoms with E-state index in [9.17, 15) is 9.59 Å². The van der Waals surface area contributed by atoms with Gasteiger partial charge in [0.15, 0.2) is 0 Å². The van der Waals surface area contributed by atoms with Gasteiger partial charge < -0.3 is 15.3 Å². The number of carboxylic acid groups (broad SMARTS) is 1. The molecule has 2 rings (SSSR count). The maximum absolute atomic E-state index is 12.3. The average Bonchev–Trinajstić information content (AvgIpc) is 2.40. The van der Waals surface area contributed by atoms with Gasteiger partial charge in [0.05, 0.1) is 24.0 Å². The minimum atomic E-state index is -0.921. The van der Waals surface area contributed by atoms with Crippen LogP contribution in [0.4, 0.5) is 10.5 Å². The zero-order valence-corrected chi connectivity index (χ0v) is 12.4. The molecule has 0 aromatic carbocycles. The Bertz CT molecular complexity index is 505. The van der Waals surface area contributed by atoms with E-state index in [4.69, 9.17) is 5.11 Å². The summed E-state index contributed by atoms with van der Waals surface area (Å²) in [6.07, 6.45) is 4.57. The second kappa shape index (κ2) is 6.56.